The Kier molecular flexibility index (Phi) is 4.49. The normalized spacial score (nSPS) is 12.1. The van der Waals surface area contributed by atoms with Gasteiger partial charge in [0.15, 0.2) is 5.15 Å². The van der Waals surface area contributed by atoms with Crippen LogP contribution in [0, 0.1) is 0 Å². The lowest BCUT2D eigenvalue weighted by Crippen LogP contribution is -2.24. The number of rotatable bonds is 4. The van der Waals surface area contributed by atoms with Gasteiger partial charge in [-0.25, -0.2) is 0 Å². The molecule has 0 bridgehead atoms. The van der Waals surface area contributed by atoms with Crippen LogP contribution in [-0.2, 0) is 6.54 Å². The van der Waals surface area contributed by atoms with E-state index in [2.05, 4.69) is 10.2 Å². The van der Waals surface area contributed by atoms with Gasteiger partial charge < -0.3 is 4.90 Å². The van der Waals surface area contributed by atoms with E-state index >= 15 is 0 Å². The van der Waals surface area contributed by atoms with Gasteiger partial charge in [0.2, 0.25) is 0 Å². The molecule has 0 aliphatic heterocycles. The molecule has 0 spiro atoms. The molecule has 0 saturated carbocycles. The van der Waals surface area contributed by atoms with Crippen LogP contribution in [0.15, 0.2) is 12.1 Å². The quantitative estimate of drug-likeness (QED) is 0.826. The lowest BCUT2D eigenvalue weighted by molar-refractivity contribution is -0.137. The fourth-order valence-electron chi connectivity index (χ4n) is 1.10. The van der Waals surface area contributed by atoms with E-state index in [1.165, 1.54) is 4.90 Å². The largest absolute Gasteiger partial charge is 0.390 e. The summed E-state index contributed by atoms with van der Waals surface area (Å²) in [6.45, 7) is 0.258. The van der Waals surface area contributed by atoms with Gasteiger partial charge in [0.25, 0.3) is 0 Å². The molecule has 1 aromatic heterocycles. The molecule has 7 heteroatoms. The third-order valence-corrected chi connectivity index (χ3v) is 2.10. The van der Waals surface area contributed by atoms with Crippen molar-refractivity contribution in [3.05, 3.63) is 23.0 Å². The molecule has 0 fully saturated rings. The van der Waals surface area contributed by atoms with Gasteiger partial charge in [-0.05, 0) is 19.2 Å². The van der Waals surface area contributed by atoms with E-state index in [-0.39, 0.29) is 11.7 Å². The number of hydrogen-bond donors (Lipinski definition) is 0. The number of aromatic nitrogens is 2. The van der Waals surface area contributed by atoms with Crippen LogP contribution in [0.25, 0.3) is 0 Å². The number of alkyl halides is 3. The summed E-state index contributed by atoms with van der Waals surface area (Å²) >= 11 is 5.53. The highest BCUT2D eigenvalue weighted by atomic mass is 35.5. The maximum Gasteiger partial charge on any atom is 0.390 e. The van der Waals surface area contributed by atoms with Gasteiger partial charge in [-0.1, -0.05) is 11.6 Å². The van der Waals surface area contributed by atoms with Crippen molar-refractivity contribution in [3.63, 3.8) is 0 Å². The van der Waals surface area contributed by atoms with Gasteiger partial charge in [-0.3, -0.25) is 0 Å². The van der Waals surface area contributed by atoms with Crippen LogP contribution in [-0.4, -0.2) is 34.9 Å². The Bertz CT molecular complexity index is 326. The monoisotopic (exact) mass is 253 g/mol. The molecule has 16 heavy (non-hydrogen) atoms. The minimum absolute atomic E-state index is 0.0617. The fourth-order valence-corrected chi connectivity index (χ4v) is 1.20. The van der Waals surface area contributed by atoms with E-state index in [0.29, 0.717) is 12.2 Å². The molecule has 3 nitrogen and oxygen atoms in total. The average molecular weight is 254 g/mol. The van der Waals surface area contributed by atoms with Crippen molar-refractivity contribution < 1.29 is 13.2 Å². The Morgan fingerprint density at radius 2 is 2.00 bits per heavy atom. The van der Waals surface area contributed by atoms with Gasteiger partial charge in [0.05, 0.1) is 12.1 Å². The molecule has 0 radical (unpaired) electrons. The minimum Gasteiger partial charge on any atom is -0.300 e. The Hall–Kier alpha value is -0.880. The molecule has 0 saturated heterocycles. The zero-order valence-corrected chi connectivity index (χ0v) is 9.39. The highest BCUT2D eigenvalue weighted by molar-refractivity contribution is 6.29. The Labute approximate surface area is 96.2 Å². The van der Waals surface area contributed by atoms with E-state index < -0.39 is 12.6 Å². The molecule has 90 valence electrons. The van der Waals surface area contributed by atoms with Gasteiger partial charge in [-0.15, -0.1) is 5.10 Å². The van der Waals surface area contributed by atoms with Crippen LogP contribution < -0.4 is 0 Å². The standard InChI is InChI=1S/C9H11ClF3N3/c1-16(5-4-9(11,12)13)6-7-2-3-8(10)15-14-7/h2-3H,4-6H2,1H3. The maximum absolute atomic E-state index is 11.9. The summed E-state index contributed by atoms with van der Waals surface area (Å²) < 4.78 is 35.8. The predicted octanol–water partition coefficient (Wildman–Crippen LogP) is 2.51. The second-order valence-electron chi connectivity index (χ2n) is 3.45. The summed E-state index contributed by atoms with van der Waals surface area (Å²) in [6, 6.07) is 3.20. The lowest BCUT2D eigenvalue weighted by Gasteiger charge is -2.16. The molecular formula is C9H11ClF3N3. The van der Waals surface area contributed by atoms with Crippen LogP contribution >= 0.6 is 11.6 Å². The first-order valence-corrected chi connectivity index (χ1v) is 4.98. The SMILES string of the molecule is CN(CCC(F)(F)F)Cc1ccc(Cl)nn1. The van der Waals surface area contributed by atoms with Crippen molar-refractivity contribution in [2.75, 3.05) is 13.6 Å². The summed E-state index contributed by atoms with van der Waals surface area (Å²) in [7, 11) is 1.60. The zero-order chi connectivity index (χ0) is 12.2. The van der Waals surface area contributed by atoms with Crippen molar-refractivity contribution in [1.82, 2.24) is 15.1 Å². The Morgan fingerprint density at radius 1 is 1.31 bits per heavy atom. The fraction of sp³-hybridized carbons (Fsp3) is 0.556. The molecule has 0 aromatic carbocycles. The van der Waals surface area contributed by atoms with Crippen molar-refractivity contribution in [1.29, 1.82) is 0 Å². The lowest BCUT2D eigenvalue weighted by atomic mass is 10.3. The highest BCUT2D eigenvalue weighted by Gasteiger charge is 2.27. The van der Waals surface area contributed by atoms with Gasteiger partial charge in [-0.2, -0.15) is 18.3 Å². The van der Waals surface area contributed by atoms with Gasteiger partial charge in [0.1, 0.15) is 0 Å². The molecule has 1 heterocycles. The summed E-state index contributed by atoms with van der Waals surface area (Å²) in [6.07, 6.45) is -4.95. The first-order valence-electron chi connectivity index (χ1n) is 4.60. The molecule has 0 aliphatic rings. The Morgan fingerprint density at radius 3 is 2.50 bits per heavy atom. The summed E-state index contributed by atoms with van der Waals surface area (Å²) in [5.74, 6) is 0. The third-order valence-electron chi connectivity index (χ3n) is 1.90. The molecule has 0 aliphatic carbocycles. The highest BCUT2D eigenvalue weighted by Crippen LogP contribution is 2.19. The van der Waals surface area contributed by atoms with E-state index in [1.54, 1.807) is 19.2 Å². The van der Waals surface area contributed by atoms with Crippen molar-refractivity contribution >= 4 is 11.6 Å². The van der Waals surface area contributed by atoms with Crippen molar-refractivity contribution in [2.24, 2.45) is 0 Å². The Balaban J connectivity index is 2.39. The number of nitrogens with zero attached hydrogens (tertiary/aromatic N) is 3. The second-order valence-corrected chi connectivity index (χ2v) is 3.84. The summed E-state index contributed by atoms with van der Waals surface area (Å²) in [4.78, 5) is 1.53. The predicted molar refractivity (Wildman–Crippen MR) is 54.0 cm³/mol. The van der Waals surface area contributed by atoms with Gasteiger partial charge in [0, 0.05) is 13.1 Å². The van der Waals surface area contributed by atoms with E-state index in [1.807, 2.05) is 0 Å². The molecule has 1 rings (SSSR count). The van der Waals surface area contributed by atoms with Crippen LogP contribution in [0.5, 0.6) is 0 Å². The minimum atomic E-state index is -4.13. The summed E-state index contributed by atoms with van der Waals surface area (Å²) in [5, 5.41) is 7.63. The van der Waals surface area contributed by atoms with Crippen molar-refractivity contribution in [3.8, 4) is 0 Å². The van der Waals surface area contributed by atoms with Crippen LogP contribution in [0.2, 0.25) is 5.15 Å². The molecule has 0 unspecified atom stereocenters. The second kappa shape index (κ2) is 5.45. The maximum atomic E-state index is 11.9. The smallest absolute Gasteiger partial charge is 0.300 e. The number of hydrogen-bond acceptors (Lipinski definition) is 3. The molecule has 0 N–H and O–H groups in total. The first kappa shape index (κ1) is 13.2. The van der Waals surface area contributed by atoms with Crippen molar-refractivity contribution in [2.45, 2.75) is 19.1 Å². The van der Waals surface area contributed by atoms with Gasteiger partial charge >= 0.3 is 6.18 Å². The molecular weight excluding hydrogens is 243 g/mol. The summed E-state index contributed by atoms with van der Waals surface area (Å²) in [5.41, 5.74) is 0.592. The van der Waals surface area contributed by atoms with E-state index in [0.717, 1.165) is 0 Å². The third kappa shape index (κ3) is 5.27. The number of halogens is 4. The zero-order valence-electron chi connectivity index (χ0n) is 8.63. The molecule has 0 amide bonds. The van der Waals surface area contributed by atoms with Crippen LogP contribution in [0.4, 0.5) is 13.2 Å². The first-order chi connectivity index (χ1) is 7.37. The van der Waals surface area contributed by atoms with Crippen LogP contribution in [0.1, 0.15) is 12.1 Å². The average Bonchev–Trinajstić information content (AvgIpc) is 2.18. The molecule has 1 aromatic rings. The molecule has 0 atom stereocenters. The van der Waals surface area contributed by atoms with E-state index in [4.69, 9.17) is 11.6 Å². The van der Waals surface area contributed by atoms with E-state index in [9.17, 15) is 13.2 Å². The topological polar surface area (TPSA) is 29.0 Å². The van der Waals surface area contributed by atoms with Crippen LogP contribution in [0.3, 0.4) is 0 Å².